The molecule has 0 bridgehead atoms. The summed E-state index contributed by atoms with van der Waals surface area (Å²) in [5, 5.41) is 13.6. The van der Waals surface area contributed by atoms with Gasteiger partial charge in [0.25, 0.3) is 0 Å². The van der Waals surface area contributed by atoms with E-state index in [1.54, 1.807) is 6.92 Å². The number of nitrogens with one attached hydrogen (secondary N) is 2. The summed E-state index contributed by atoms with van der Waals surface area (Å²) in [6.45, 7) is 2.01. The number of amides is 2. The van der Waals surface area contributed by atoms with Crippen molar-refractivity contribution in [3.63, 3.8) is 0 Å². The molecule has 0 aromatic heterocycles. The zero-order chi connectivity index (χ0) is 14.3. The SMILES string of the molecule is CC#CCCNC(=O)Nc1cccc(F)c1C(=O)O. The molecular formula is C13H13FN2O3. The van der Waals surface area contributed by atoms with Crippen molar-refractivity contribution in [3.8, 4) is 11.8 Å². The van der Waals surface area contributed by atoms with Crippen LogP contribution < -0.4 is 10.6 Å². The van der Waals surface area contributed by atoms with E-state index in [9.17, 15) is 14.0 Å². The van der Waals surface area contributed by atoms with E-state index in [-0.39, 0.29) is 5.69 Å². The third-order valence-corrected chi connectivity index (χ3v) is 2.19. The molecule has 1 rings (SSSR count). The summed E-state index contributed by atoms with van der Waals surface area (Å²) in [5.41, 5.74) is -0.655. The number of carbonyl (C=O) groups is 2. The molecule has 19 heavy (non-hydrogen) atoms. The molecule has 0 spiro atoms. The van der Waals surface area contributed by atoms with Crippen LogP contribution in [0.4, 0.5) is 14.9 Å². The fourth-order valence-corrected chi connectivity index (χ4v) is 1.38. The lowest BCUT2D eigenvalue weighted by atomic mass is 10.1. The fourth-order valence-electron chi connectivity index (χ4n) is 1.38. The molecule has 100 valence electrons. The van der Waals surface area contributed by atoms with Crippen molar-refractivity contribution < 1.29 is 19.1 Å². The van der Waals surface area contributed by atoms with Gasteiger partial charge in [0.2, 0.25) is 0 Å². The molecule has 0 saturated heterocycles. The van der Waals surface area contributed by atoms with E-state index >= 15 is 0 Å². The number of anilines is 1. The van der Waals surface area contributed by atoms with Crippen molar-refractivity contribution in [3.05, 3.63) is 29.6 Å². The van der Waals surface area contributed by atoms with Crippen LogP contribution >= 0.6 is 0 Å². The van der Waals surface area contributed by atoms with Gasteiger partial charge in [-0.05, 0) is 19.1 Å². The minimum absolute atomic E-state index is 0.0911. The smallest absolute Gasteiger partial charge is 0.340 e. The number of carboxylic acids is 1. The molecule has 0 unspecified atom stereocenters. The first-order valence-corrected chi connectivity index (χ1v) is 5.52. The van der Waals surface area contributed by atoms with Gasteiger partial charge in [-0.3, -0.25) is 0 Å². The van der Waals surface area contributed by atoms with Crippen LogP contribution in [0.25, 0.3) is 0 Å². The lowest BCUT2D eigenvalue weighted by molar-refractivity contribution is 0.0693. The van der Waals surface area contributed by atoms with Gasteiger partial charge in [-0.25, -0.2) is 14.0 Å². The van der Waals surface area contributed by atoms with E-state index in [4.69, 9.17) is 5.11 Å². The molecule has 0 fully saturated rings. The van der Waals surface area contributed by atoms with Crippen molar-refractivity contribution >= 4 is 17.7 Å². The number of hydrogen-bond acceptors (Lipinski definition) is 2. The molecule has 2 amide bonds. The molecule has 0 aliphatic heterocycles. The van der Waals surface area contributed by atoms with Gasteiger partial charge in [0.15, 0.2) is 0 Å². The van der Waals surface area contributed by atoms with Gasteiger partial charge in [-0.15, -0.1) is 11.8 Å². The third kappa shape index (κ3) is 4.32. The van der Waals surface area contributed by atoms with E-state index in [1.807, 2.05) is 0 Å². The standard InChI is InChI=1S/C13H13FN2O3/c1-2-3-4-8-15-13(19)16-10-7-5-6-9(14)11(10)12(17)18/h5-7H,4,8H2,1H3,(H,17,18)(H2,15,16,19). The summed E-state index contributed by atoms with van der Waals surface area (Å²) < 4.78 is 13.3. The number of carbonyl (C=O) groups excluding carboxylic acids is 1. The first kappa shape index (κ1) is 14.5. The predicted octanol–water partition coefficient (Wildman–Crippen LogP) is 2.06. The lowest BCUT2D eigenvalue weighted by Gasteiger charge is -2.09. The van der Waals surface area contributed by atoms with Crippen molar-refractivity contribution in [2.75, 3.05) is 11.9 Å². The highest BCUT2D eigenvalue weighted by Crippen LogP contribution is 2.18. The monoisotopic (exact) mass is 264 g/mol. The maximum atomic E-state index is 13.3. The summed E-state index contributed by atoms with van der Waals surface area (Å²) in [4.78, 5) is 22.4. The number of hydrogen-bond donors (Lipinski definition) is 3. The molecule has 0 aliphatic rings. The Kier molecular flexibility index (Phi) is 5.35. The molecule has 0 saturated carbocycles. The number of urea groups is 1. The van der Waals surface area contributed by atoms with E-state index in [2.05, 4.69) is 22.5 Å². The predicted molar refractivity (Wildman–Crippen MR) is 68.4 cm³/mol. The Morgan fingerprint density at radius 3 is 2.79 bits per heavy atom. The van der Waals surface area contributed by atoms with E-state index in [0.29, 0.717) is 13.0 Å². The van der Waals surface area contributed by atoms with Gasteiger partial charge in [0, 0.05) is 13.0 Å². The van der Waals surface area contributed by atoms with Gasteiger partial charge in [0.05, 0.1) is 5.69 Å². The van der Waals surface area contributed by atoms with Crippen molar-refractivity contribution in [2.45, 2.75) is 13.3 Å². The molecule has 0 atom stereocenters. The summed E-state index contributed by atoms with van der Waals surface area (Å²) >= 11 is 0. The van der Waals surface area contributed by atoms with Crippen molar-refractivity contribution in [2.24, 2.45) is 0 Å². The average molecular weight is 264 g/mol. The summed E-state index contributed by atoms with van der Waals surface area (Å²) in [5.74, 6) is 3.09. The van der Waals surface area contributed by atoms with Gasteiger partial charge < -0.3 is 15.7 Å². The Hall–Kier alpha value is -2.55. The average Bonchev–Trinajstić information content (AvgIpc) is 2.34. The van der Waals surface area contributed by atoms with Crippen LogP contribution in [-0.4, -0.2) is 23.7 Å². The topological polar surface area (TPSA) is 78.4 Å². The Morgan fingerprint density at radius 1 is 1.42 bits per heavy atom. The van der Waals surface area contributed by atoms with Gasteiger partial charge >= 0.3 is 12.0 Å². The molecule has 1 aromatic carbocycles. The Balaban J connectivity index is 2.71. The van der Waals surface area contributed by atoms with E-state index in [1.165, 1.54) is 12.1 Å². The summed E-state index contributed by atoms with van der Waals surface area (Å²) in [6, 6.07) is 3.05. The normalized spacial score (nSPS) is 9.16. The minimum atomic E-state index is -1.44. The van der Waals surface area contributed by atoms with E-state index in [0.717, 1.165) is 6.07 Å². The fraction of sp³-hybridized carbons (Fsp3) is 0.231. The zero-order valence-electron chi connectivity index (χ0n) is 10.3. The number of aromatic carboxylic acids is 1. The Bertz CT molecular complexity index is 547. The molecule has 5 nitrogen and oxygen atoms in total. The van der Waals surface area contributed by atoms with Crippen LogP contribution in [0.1, 0.15) is 23.7 Å². The first-order chi connectivity index (χ1) is 9.06. The number of benzene rings is 1. The van der Waals surface area contributed by atoms with Gasteiger partial charge in [-0.1, -0.05) is 6.07 Å². The minimum Gasteiger partial charge on any atom is -0.478 e. The second kappa shape index (κ2) is 7.01. The number of rotatable bonds is 4. The van der Waals surface area contributed by atoms with Crippen LogP contribution in [-0.2, 0) is 0 Å². The van der Waals surface area contributed by atoms with Crippen LogP contribution in [0.15, 0.2) is 18.2 Å². The third-order valence-electron chi connectivity index (χ3n) is 2.19. The van der Waals surface area contributed by atoms with Crippen LogP contribution in [0.5, 0.6) is 0 Å². The van der Waals surface area contributed by atoms with Gasteiger partial charge in [-0.2, -0.15) is 0 Å². The van der Waals surface area contributed by atoms with Crippen LogP contribution in [0, 0.1) is 17.7 Å². The van der Waals surface area contributed by atoms with Crippen molar-refractivity contribution in [1.29, 1.82) is 0 Å². The molecule has 0 heterocycles. The second-order valence-electron chi connectivity index (χ2n) is 3.53. The van der Waals surface area contributed by atoms with E-state index < -0.39 is 23.4 Å². The molecule has 1 aromatic rings. The quantitative estimate of drug-likeness (QED) is 0.575. The second-order valence-corrected chi connectivity index (χ2v) is 3.53. The Morgan fingerprint density at radius 2 is 2.16 bits per heavy atom. The summed E-state index contributed by atoms with van der Waals surface area (Å²) in [6.07, 6.45) is 0.485. The molecule has 3 N–H and O–H groups in total. The zero-order valence-corrected chi connectivity index (χ0v) is 10.3. The largest absolute Gasteiger partial charge is 0.478 e. The summed E-state index contributed by atoms with van der Waals surface area (Å²) in [7, 11) is 0. The molecule has 0 aliphatic carbocycles. The molecule has 6 heteroatoms. The maximum Gasteiger partial charge on any atom is 0.340 e. The lowest BCUT2D eigenvalue weighted by Crippen LogP contribution is -2.30. The Labute approximate surface area is 109 Å². The maximum absolute atomic E-state index is 13.3. The van der Waals surface area contributed by atoms with Crippen LogP contribution in [0.3, 0.4) is 0 Å². The van der Waals surface area contributed by atoms with Crippen LogP contribution in [0.2, 0.25) is 0 Å². The highest BCUT2D eigenvalue weighted by Gasteiger charge is 2.16. The highest BCUT2D eigenvalue weighted by atomic mass is 19.1. The first-order valence-electron chi connectivity index (χ1n) is 5.52. The molecular weight excluding hydrogens is 251 g/mol. The number of halogens is 1. The van der Waals surface area contributed by atoms with Crippen molar-refractivity contribution in [1.82, 2.24) is 5.32 Å². The highest BCUT2D eigenvalue weighted by molar-refractivity contribution is 6.00. The van der Waals surface area contributed by atoms with Gasteiger partial charge in [0.1, 0.15) is 11.4 Å². The number of carboxylic acid groups (broad SMARTS) is 1. The molecule has 0 radical (unpaired) electrons.